The topological polar surface area (TPSA) is 95.9 Å². The highest BCUT2D eigenvalue weighted by Gasteiger charge is 2.24. The summed E-state index contributed by atoms with van der Waals surface area (Å²) in [7, 11) is 0. The van der Waals surface area contributed by atoms with Crippen molar-refractivity contribution in [2.75, 3.05) is 6.61 Å². The van der Waals surface area contributed by atoms with Crippen molar-refractivity contribution in [2.45, 2.75) is 328 Å². The molecule has 6 nitrogen and oxygen atoms in total. The van der Waals surface area contributed by atoms with E-state index in [4.69, 9.17) is 4.74 Å². The molecule has 3 N–H and O–H groups in total. The molecule has 0 aliphatic rings. The van der Waals surface area contributed by atoms with Crippen molar-refractivity contribution in [1.82, 2.24) is 5.32 Å². The lowest BCUT2D eigenvalue weighted by atomic mass is 10.0. The zero-order valence-corrected chi connectivity index (χ0v) is 46.7. The van der Waals surface area contributed by atoms with Gasteiger partial charge in [0.2, 0.25) is 5.91 Å². The lowest BCUT2D eigenvalue weighted by Gasteiger charge is -2.24. The van der Waals surface area contributed by atoms with Crippen LogP contribution in [0.2, 0.25) is 0 Å². The number of hydrogen-bond donors (Lipinski definition) is 3. The molecule has 0 spiro atoms. The van der Waals surface area contributed by atoms with Crippen LogP contribution in [0.4, 0.5) is 0 Å². The predicted octanol–water partition coefficient (Wildman–Crippen LogP) is 19.1. The van der Waals surface area contributed by atoms with Gasteiger partial charge in [-0.05, 0) is 44.9 Å². The molecule has 0 aromatic carbocycles. The average molecular weight is 981 g/mol. The molecule has 0 bridgehead atoms. The minimum absolute atomic E-state index is 0.0512. The first kappa shape index (κ1) is 67.6. The molecule has 70 heavy (non-hydrogen) atoms. The summed E-state index contributed by atoms with van der Waals surface area (Å²) in [6, 6.07) is -0.717. The molecule has 0 aromatic rings. The molecule has 0 heterocycles. The third kappa shape index (κ3) is 51.9. The molecule has 3 atom stereocenters. The van der Waals surface area contributed by atoms with Crippen molar-refractivity contribution >= 4 is 11.9 Å². The smallest absolute Gasteiger partial charge is 0.306 e. The van der Waals surface area contributed by atoms with Crippen LogP contribution in [0.5, 0.6) is 0 Å². The van der Waals surface area contributed by atoms with Gasteiger partial charge < -0.3 is 20.3 Å². The van der Waals surface area contributed by atoms with E-state index in [9.17, 15) is 19.8 Å². The zero-order valence-electron chi connectivity index (χ0n) is 46.7. The number of aliphatic hydroxyl groups excluding tert-OH is 2. The summed E-state index contributed by atoms with van der Waals surface area (Å²) in [6.45, 7) is 6.43. The van der Waals surface area contributed by atoms with Crippen molar-refractivity contribution in [3.8, 4) is 0 Å². The lowest BCUT2D eigenvalue weighted by molar-refractivity contribution is -0.151. The Kier molecular flexibility index (Phi) is 55.5. The summed E-state index contributed by atoms with van der Waals surface area (Å²) in [6.07, 6.45) is 72.9. The normalized spacial score (nSPS) is 13.5. The van der Waals surface area contributed by atoms with Gasteiger partial charge in [-0.3, -0.25) is 9.59 Å². The minimum atomic E-state index is -0.802. The molecule has 0 aromatic heterocycles. The highest BCUT2D eigenvalue weighted by molar-refractivity contribution is 5.77. The molecular formula is C64H117NO5. The van der Waals surface area contributed by atoms with E-state index in [1.54, 1.807) is 0 Å². The van der Waals surface area contributed by atoms with Crippen LogP contribution in [0, 0.1) is 0 Å². The monoisotopic (exact) mass is 980 g/mol. The number of allylic oxidation sites excluding steroid dienone is 10. The maximum Gasteiger partial charge on any atom is 0.306 e. The number of carbonyl (C=O) groups is 2. The number of carbonyl (C=O) groups excluding carboxylic acids is 2. The quantitative estimate of drug-likeness (QED) is 0.0321. The minimum Gasteiger partial charge on any atom is -0.462 e. The standard InChI is InChI=1S/C64H117NO5/c1-4-7-10-13-16-19-22-25-28-31-33-36-39-42-45-48-51-54-57-64(69)70-60(55-52-49-46-43-40-37-34-30-27-24-21-18-15-12-9-6-3)58-63(68)65-61(59-66)62(67)56-53-50-47-44-41-38-35-32-29-26-23-20-17-14-11-8-5-2/h12,15,18,21,24,27,30,34,37,40,60-62,66-67H,4-11,13-14,16-17,19-20,22-23,25-26,28-29,31-33,35-36,38-39,41-59H2,1-3H3,(H,65,68)/b15-12+,21-18+,27-24+,34-30+,40-37+. The fourth-order valence-corrected chi connectivity index (χ4v) is 9.35. The fraction of sp³-hybridized carbons (Fsp3) is 0.812. The van der Waals surface area contributed by atoms with Gasteiger partial charge in [-0.25, -0.2) is 0 Å². The highest BCUT2D eigenvalue weighted by Crippen LogP contribution is 2.19. The summed E-state index contributed by atoms with van der Waals surface area (Å²) >= 11 is 0. The molecule has 0 saturated heterocycles. The second kappa shape index (κ2) is 57.5. The van der Waals surface area contributed by atoms with Crippen LogP contribution in [0.1, 0.15) is 310 Å². The SMILES string of the molecule is CCC/C=C/C=C/C=C/C=C/C=C/CCCCCC(CC(=O)NC(CO)C(O)CCCCCCCCCCCCCCCCCCC)OC(=O)CCCCCCCCCCCCCCCCCCCC. The van der Waals surface area contributed by atoms with Crippen molar-refractivity contribution in [1.29, 1.82) is 0 Å². The molecule has 6 heteroatoms. The number of esters is 1. The molecule has 0 aliphatic carbocycles. The van der Waals surface area contributed by atoms with Crippen LogP contribution in [0.15, 0.2) is 60.8 Å². The third-order valence-corrected chi connectivity index (χ3v) is 14.0. The van der Waals surface area contributed by atoms with E-state index in [-0.39, 0.29) is 24.9 Å². The van der Waals surface area contributed by atoms with Gasteiger partial charge in [0.15, 0.2) is 0 Å². The van der Waals surface area contributed by atoms with Crippen molar-refractivity contribution in [2.24, 2.45) is 0 Å². The first-order valence-corrected chi connectivity index (χ1v) is 30.6. The molecule has 1 amide bonds. The van der Waals surface area contributed by atoms with Crippen molar-refractivity contribution in [3.05, 3.63) is 60.8 Å². The molecule has 0 fully saturated rings. The number of amides is 1. The van der Waals surface area contributed by atoms with E-state index in [0.717, 1.165) is 70.6 Å². The highest BCUT2D eigenvalue weighted by atomic mass is 16.5. The zero-order chi connectivity index (χ0) is 50.9. The number of rotatable bonds is 55. The first-order chi connectivity index (χ1) is 34.5. The van der Waals surface area contributed by atoms with E-state index in [2.05, 4.69) is 56.5 Å². The van der Waals surface area contributed by atoms with Gasteiger partial charge in [-0.1, -0.05) is 313 Å². The van der Waals surface area contributed by atoms with Crippen LogP contribution in [-0.4, -0.2) is 46.9 Å². The number of unbranched alkanes of at least 4 members (excludes halogenated alkanes) is 37. The number of nitrogens with one attached hydrogen (secondary N) is 1. The van der Waals surface area contributed by atoms with Gasteiger partial charge in [-0.15, -0.1) is 0 Å². The largest absolute Gasteiger partial charge is 0.462 e. The van der Waals surface area contributed by atoms with Crippen LogP contribution in [-0.2, 0) is 14.3 Å². The first-order valence-electron chi connectivity index (χ1n) is 30.6. The predicted molar refractivity (Wildman–Crippen MR) is 305 cm³/mol. The molecule has 408 valence electrons. The lowest BCUT2D eigenvalue weighted by Crippen LogP contribution is -2.46. The molecule has 0 radical (unpaired) electrons. The molecule has 0 rings (SSSR count). The second-order valence-electron chi connectivity index (χ2n) is 20.9. The number of aliphatic hydroxyl groups is 2. The third-order valence-electron chi connectivity index (χ3n) is 14.0. The Morgan fingerprint density at radius 3 is 1.16 bits per heavy atom. The number of ether oxygens (including phenoxy) is 1. The van der Waals surface area contributed by atoms with Gasteiger partial charge in [0, 0.05) is 6.42 Å². The van der Waals surface area contributed by atoms with E-state index in [1.165, 1.54) is 193 Å². The van der Waals surface area contributed by atoms with Gasteiger partial charge in [0.05, 0.1) is 25.2 Å². The van der Waals surface area contributed by atoms with Crippen molar-refractivity contribution < 1.29 is 24.5 Å². The van der Waals surface area contributed by atoms with E-state index >= 15 is 0 Å². The summed E-state index contributed by atoms with van der Waals surface area (Å²) in [4.78, 5) is 26.3. The second-order valence-corrected chi connectivity index (χ2v) is 20.9. The fourth-order valence-electron chi connectivity index (χ4n) is 9.35. The van der Waals surface area contributed by atoms with Crippen LogP contribution in [0.25, 0.3) is 0 Å². The van der Waals surface area contributed by atoms with Crippen LogP contribution >= 0.6 is 0 Å². The van der Waals surface area contributed by atoms with Gasteiger partial charge in [0.1, 0.15) is 6.10 Å². The molecular weight excluding hydrogens is 863 g/mol. The molecule has 0 aliphatic heterocycles. The average Bonchev–Trinajstić information content (AvgIpc) is 3.35. The van der Waals surface area contributed by atoms with E-state index in [1.807, 2.05) is 30.4 Å². The van der Waals surface area contributed by atoms with Gasteiger partial charge in [-0.2, -0.15) is 0 Å². The Labute approximate surface area is 435 Å². The van der Waals surface area contributed by atoms with E-state index in [0.29, 0.717) is 19.3 Å². The maximum absolute atomic E-state index is 13.3. The summed E-state index contributed by atoms with van der Waals surface area (Å²) in [5.74, 6) is -0.502. The Balaban J connectivity index is 4.58. The number of hydrogen-bond acceptors (Lipinski definition) is 5. The molecule has 0 saturated carbocycles. The molecule has 3 unspecified atom stereocenters. The maximum atomic E-state index is 13.3. The summed E-state index contributed by atoms with van der Waals surface area (Å²) in [5, 5.41) is 23.9. The Hall–Kier alpha value is -2.44. The Morgan fingerprint density at radius 1 is 0.414 bits per heavy atom. The summed E-state index contributed by atoms with van der Waals surface area (Å²) in [5.41, 5.74) is 0. The van der Waals surface area contributed by atoms with Gasteiger partial charge >= 0.3 is 5.97 Å². The Bertz CT molecular complexity index is 1240. The van der Waals surface area contributed by atoms with Gasteiger partial charge in [0.25, 0.3) is 0 Å². The van der Waals surface area contributed by atoms with E-state index < -0.39 is 18.2 Å². The van der Waals surface area contributed by atoms with Crippen LogP contribution < -0.4 is 5.32 Å². The van der Waals surface area contributed by atoms with Crippen LogP contribution in [0.3, 0.4) is 0 Å². The Morgan fingerprint density at radius 2 is 0.757 bits per heavy atom. The van der Waals surface area contributed by atoms with Crippen molar-refractivity contribution in [3.63, 3.8) is 0 Å². The summed E-state index contributed by atoms with van der Waals surface area (Å²) < 4.78 is 5.96.